The summed E-state index contributed by atoms with van der Waals surface area (Å²) in [4.78, 5) is 0. The first kappa shape index (κ1) is 9.79. The van der Waals surface area contributed by atoms with Gasteiger partial charge in [0.05, 0.1) is 0 Å². The molecule has 13 heavy (non-hydrogen) atoms. The van der Waals surface area contributed by atoms with Crippen LogP contribution in [0, 0.1) is 0 Å². The summed E-state index contributed by atoms with van der Waals surface area (Å²) < 4.78 is 0. The van der Waals surface area contributed by atoms with Gasteiger partial charge in [-0.25, -0.2) is 0 Å². The highest BCUT2D eigenvalue weighted by Crippen LogP contribution is 1.99. The van der Waals surface area contributed by atoms with Crippen molar-refractivity contribution < 1.29 is 0 Å². The Kier molecular flexibility index (Phi) is 5.54. The van der Waals surface area contributed by atoms with Gasteiger partial charge in [0.15, 0.2) is 0 Å². The van der Waals surface area contributed by atoms with Crippen molar-refractivity contribution in [2.75, 3.05) is 0 Å². The fraction of sp³-hybridized carbons (Fsp3) is 0.231. The van der Waals surface area contributed by atoms with E-state index in [0.29, 0.717) is 0 Å². The van der Waals surface area contributed by atoms with Crippen molar-refractivity contribution in [2.24, 2.45) is 0 Å². The Bertz CT molecular complexity index is 223. The Morgan fingerprint density at radius 3 is 1.31 bits per heavy atom. The minimum atomic E-state index is 1.17. The molecular formula is C13H16. The second kappa shape index (κ2) is 7.35. The molecule has 1 rings (SSSR count). The predicted octanol–water partition coefficient (Wildman–Crippen LogP) is 3.95. The van der Waals surface area contributed by atoms with Crippen molar-refractivity contribution in [3.63, 3.8) is 0 Å². The SMILES string of the molecule is C1=C\C=C/C=C\CCC/C=C\C=C/1. The molecule has 0 nitrogen and oxygen atoms in total. The highest BCUT2D eigenvalue weighted by Gasteiger charge is 1.78. The molecule has 0 amide bonds. The lowest BCUT2D eigenvalue weighted by molar-refractivity contribution is 0.868. The topological polar surface area (TPSA) is 0 Å². The molecule has 1 aliphatic rings. The van der Waals surface area contributed by atoms with E-state index in [-0.39, 0.29) is 0 Å². The molecule has 0 bridgehead atoms. The summed E-state index contributed by atoms with van der Waals surface area (Å²) in [5.41, 5.74) is 0. The second-order valence-electron chi connectivity index (χ2n) is 2.94. The van der Waals surface area contributed by atoms with Crippen LogP contribution in [-0.4, -0.2) is 0 Å². The smallest absolute Gasteiger partial charge is 0.0345 e. The predicted molar refractivity (Wildman–Crippen MR) is 59.6 cm³/mol. The van der Waals surface area contributed by atoms with Crippen molar-refractivity contribution >= 4 is 0 Å². The van der Waals surface area contributed by atoms with Crippen molar-refractivity contribution in [3.8, 4) is 0 Å². The summed E-state index contributed by atoms with van der Waals surface area (Å²) in [7, 11) is 0. The Hall–Kier alpha value is -1.30. The maximum absolute atomic E-state index is 2.21. The molecule has 1 aliphatic carbocycles. The van der Waals surface area contributed by atoms with Crippen molar-refractivity contribution in [3.05, 3.63) is 60.8 Å². The summed E-state index contributed by atoms with van der Waals surface area (Å²) in [6, 6.07) is 0. The first-order valence-electron chi connectivity index (χ1n) is 4.82. The molecular weight excluding hydrogens is 156 g/mol. The third-order valence-electron chi connectivity index (χ3n) is 1.79. The first-order valence-corrected chi connectivity index (χ1v) is 4.82. The van der Waals surface area contributed by atoms with E-state index in [4.69, 9.17) is 0 Å². The van der Waals surface area contributed by atoms with Crippen molar-refractivity contribution in [1.82, 2.24) is 0 Å². The quantitative estimate of drug-likeness (QED) is 0.519. The molecule has 0 heteroatoms. The van der Waals surface area contributed by atoms with Crippen LogP contribution in [0.2, 0.25) is 0 Å². The number of hydrogen-bond acceptors (Lipinski definition) is 0. The molecule has 0 fully saturated rings. The monoisotopic (exact) mass is 172 g/mol. The van der Waals surface area contributed by atoms with Gasteiger partial charge in [0.1, 0.15) is 0 Å². The lowest BCUT2D eigenvalue weighted by atomic mass is 10.2. The van der Waals surface area contributed by atoms with Crippen molar-refractivity contribution in [2.45, 2.75) is 19.3 Å². The van der Waals surface area contributed by atoms with Gasteiger partial charge in [-0.05, 0) is 19.3 Å². The zero-order chi connectivity index (χ0) is 9.19. The van der Waals surface area contributed by atoms with E-state index < -0.39 is 0 Å². The average Bonchev–Trinajstić information content (AvgIpc) is 2.18. The van der Waals surface area contributed by atoms with Gasteiger partial charge in [0.2, 0.25) is 0 Å². The molecule has 0 heterocycles. The summed E-state index contributed by atoms with van der Waals surface area (Å²) >= 11 is 0. The van der Waals surface area contributed by atoms with E-state index in [1.807, 2.05) is 24.3 Å². The van der Waals surface area contributed by atoms with Crippen molar-refractivity contribution in [1.29, 1.82) is 0 Å². The molecule has 0 aliphatic heterocycles. The van der Waals surface area contributed by atoms with Gasteiger partial charge in [-0.1, -0.05) is 60.8 Å². The van der Waals surface area contributed by atoms with Gasteiger partial charge in [0, 0.05) is 0 Å². The van der Waals surface area contributed by atoms with Gasteiger partial charge in [0.25, 0.3) is 0 Å². The lowest BCUT2D eigenvalue weighted by Gasteiger charge is -1.87. The fourth-order valence-corrected chi connectivity index (χ4v) is 1.09. The maximum atomic E-state index is 2.21. The summed E-state index contributed by atoms with van der Waals surface area (Å²) in [6.07, 6.45) is 24.5. The third-order valence-corrected chi connectivity index (χ3v) is 1.79. The minimum absolute atomic E-state index is 1.17. The Balaban J connectivity index is 2.51. The van der Waals surface area contributed by atoms with Gasteiger partial charge in [-0.2, -0.15) is 0 Å². The van der Waals surface area contributed by atoms with Crippen LogP contribution in [0.15, 0.2) is 60.8 Å². The van der Waals surface area contributed by atoms with Gasteiger partial charge >= 0.3 is 0 Å². The molecule has 0 atom stereocenters. The van der Waals surface area contributed by atoms with Crippen LogP contribution in [0.4, 0.5) is 0 Å². The third kappa shape index (κ3) is 5.92. The van der Waals surface area contributed by atoms with E-state index in [2.05, 4.69) is 36.5 Å². The van der Waals surface area contributed by atoms with Crippen LogP contribution in [-0.2, 0) is 0 Å². The van der Waals surface area contributed by atoms with Gasteiger partial charge in [-0.3, -0.25) is 0 Å². The zero-order valence-corrected chi connectivity index (χ0v) is 7.89. The van der Waals surface area contributed by atoms with Crippen LogP contribution in [0.5, 0.6) is 0 Å². The molecule has 0 unspecified atom stereocenters. The standard InChI is InChI=1S/C13H16/c1-2-4-6-8-10-12-13-11-9-7-5-3-1/h1-10H,11-13H2/b2-1-,5-3-,6-4-,9-7-,10-8-. The lowest BCUT2D eigenvalue weighted by Crippen LogP contribution is -1.67. The molecule has 0 aromatic heterocycles. The normalized spacial score (nSPS) is 30.2. The number of hydrogen-bond donors (Lipinski definition) is 0. The van der Waals surface area contributed by atoms with Gasteiger partial charge < -0.3 is 0 Å². The van der Waals surface area contributed by atoms with Gasteiger partial charge in [-0.15, -0.1) is 0 Å². The highest BCUT2D eigenvalue weighted by molar-refractivity contribution is 5.18. The summed E-state index contributed by atoms with van der Waals surface area (Å²) in [5, 5.41) is 0. The minimum Gasteiger partial charge on any atom is -0.0845 e. The van der Waals surface area contributed by atoms with Crippen LogP contribution in [0.25, 0.3) is 0 Å². The number of allylic oxidation sites excluding steroid dienone is 10. The second-order valence-corrected chi connectivity index (χ2v) is 2.94. The van der Waals surface area contributed by atoms with Crippen LogP contribution in [0.3, 0.4) is 0 Å². The molecule has 0 aromatic rings. The molecule has 0 N–H and O–H groups in total. The molecule has 0 aromatic carbocycles. The molecule has 0 saturated heterocycles. The molecule has 68 valence electrons. The Labute approximate surface area is 80.7 Å². The average molecular weight is 172 g/mol. The summed E-state index contributed by atoms with van der Waals surface area (Å²) in [5.74, 6) is 0. The molecule has 0 spiro atoms. The summed E-state index contributed by atoms with van der Waals surface area (Å²) in [6.45, 7) is 0. The molecule has 0 saturated carbocycles. The number of rotatable bonds is 0. The van der Waals surface area contributed by atoms with Crippen LogP contribution >= 0.6 is 0 Å². The van der Waals surface area contributed by atoms with E-state index >= 15 is 0 Å². The van der Waals surface area contributed by atoms with Crippen LogP contribution in [0.1, 0.15) is 19.3 Å². The first-order chi connectivity index (χ1) is 6.50. The Morgan fingerprint density at radius 2 is 0.846 bits per heavy atom. The van der Waals surface area contributed by atoms with E-state index in [1.165, 1.54) is 19.3 Å². The largest absolute Gasteiger partial charge is 0.0845 e. The van der Waals surface area contributed by atoms with E-state index in [0.717, 1.165) is 0 Å². The van der Waals surface area contributed by atoms with E-state index in [9.17, 15) is 0 Å². The highest BCUT2D eigenvalue weighted by atomic mass is 13.8. The zero-order valence-electron chi connectivity index (χ0n) is 7.89. The fourth-order valence-electron chi connectivity index (χ4n) is 1.09. The van der Waals surface area contributed by atoms with Crippen LogP contribution < -0.4 is 0 Å². The Morgan fingerprint density at radius 1 is 0.462 bits per heavy atom. The van der Waals surface area contributed by atoms with E-state index in [1.54, 1.807) is 0 Å². The molecule has 0 radical (unpaired) electrons. The maximum Gasteiger partial charge on any atom is -0.0345 e.